The predicted molar refractivity (Wildman–Crippen MR) is 76.6 cm³/mol. The van der Waals surface area contributed by atoms with Gasteiger partial charge in [-0.15, -0.1) is 0 Å². The normalized spacial score (nSPS) is 29.3. The summed E-state index contributed by atoms with van der Waals surface area (Å²) in [5.74, 6) is 0.474. The first kappa shape index (κ1) is 15.7. The fourth-order valence-corrected chi connectivity index (χ4v) is 2.49. The van der Waals surface area contributed by atoms with Crippen LogP contribution in [0.3, 0.4) is 0 Å². The van der Waals surface area contributed by atoms with Crippen molar-refractivity contribution in [2.24, 2.45) is 5.92 Å². The molecular formula is C16H30O2. The monoisotopic (exact) mass is 254 g/mol. The Morgan fingerprint density at radius 2 is 2.11 bits per heavy atom. The van der Waals surface area contributed by atoms with Crippen LogP contribution < -0.4 is 0 Å². The van der Waals surface area contributed by atoms with Gasteiger partial charge in [0.25, 0.3) is 0 Å². The third-order valence-electron chi connectivity index (χ3n) is 3.61. The maximum atomic E-state index is 5.81. The lowest BCUT2D eigenvalue weighted by molar-refractivity contribution is -0.157. The molecule has 1 rings (SSSR count). The van der Waals surface area contributed by atoms with E-state index in [2.05, 4.69) is 40.7 Å². The Labute approximate surface area is 113 Å². The van der Waals surface area contributed by atoms with Crippen LogP contribution in [0.1, 0.15) is 66.7 Å². The summed E-state index contributed by atoms with van der Waals surface area (Å²) in [7, 11) is 0. The lowest BCUT2D eigenvalue weighted by Crippen LogP contribution is -2.26. The summed E-state index contributed by atoms with van der Waals surface area (Å²) in [6.45, 7) is 11.6. The number of rotatable bonds is 7. The molecule has 0 spiro atoms. The van der Waals surface area contributed by atoms with Gasteiger partial charge in [0.05, 0.1) is 12.7 Å². The first-order valence-corrected chi connectivity index (χ1v) is 7.36. The Morgan fingerprint density at radius 1 is 1.39 bits per heavy atom. The quantitative estimate of drug-likeness (QED) is 0.614. The van der Waals surface area contributed by atoms with E-state index in [9.17, 15) is 0 Å². The summed E-state index contributed by atoms with van der Waals surface area (Å²) < 4.78 is 11.5. The molecule has 0 bridgehead atoms. The Kier molecular flexibility index (Phi) is 6.37. The molecule has 0 aromatic heterocycles. The van der Waals surface area contributed by atoms with Gasteiger partial charge in [0, 0.05) is 6.42 Å². The van der Waals surface area contributed by atoms with Crippen LogP contribution in [-0.2, 0) is 9.47 Å². The minimum atomic E-state index is -0.320. The molecule has 2 nitrogen and oxygen atoms in total. The number of hydrogen-bond donors (Lipinski definition) is 0. The molecule has 106 valence electrons. The second-order valence-corrected chi connectivity index (χ2v) is 6.23. The average molecular weight is 254 g/mol. The van der Waals surface area contributed by atoms with Crippen molar-refractivity contribution in [1.82, 2.24) is 0 Å². The number of hydrogen-bond acceptors (Lipinski definition) is 2. The van der Waals surface area contributed by atoms with E-state index in [1.54, 1.807) is 0 Å². The smallest absolute Gasteiger partial charge is 0.166 e. The molecule has 0 saturated carbocycles. The molecule has 0 aromatic carbocycles. The summed E-state index contributed by atoms with van der Waals surface area (Å²) in [6.07, 6.45) is 8.58. The van der Waals surface area contributed by atoms with E-state index < -0.39 is 0 Å². The minimum Gasteiger partial charge on any atom is -0.348 e. The van der Waals surface area contributed by atoms with E-state index in [0.717, 1.165) is 18.9 Å². The van der Waals surface area contributed by atoms with Gasteiger partial charge in [-0.1, -0.05) is 25.0 Å². The Morgan fingerprint density at radius 3 is 2.67 bits per heavy atom. The van der Waals surface area contributed by atoms with Gasteiger partial charge in [0.15, 0.2) is 5.79 Å². The highest BCUT2D eigenvalue weighted by atomic mass is 16.7. The highest BCUT2D eigenvalue weighted by Gasteiger charge is 2.34. The van der Waals surface area contributed by atoms with E-state index in [4.69, 9.17) is 9.47 Å². The minimum absolute atomic E-state index is 0.255. The van der Waals surface area contributed by atoms with Crippen LogP contribution in [0.4, 0.5) is 0 Å². The molecule has 1 heterocycles. The molecule has 0 N–H and O–H groups in total. The molecule has 2 heteroatoms. The highest BCUT2D eigenvalue weighted by molar-refractivity contribution is 4.92. The van der Waals surface area contributed by atoms with Gasteiger partial charge in [0.1, 0.15) is 0 Å². The molecule has 1 saturated heterocycles. The lowest BCUT2D eigenvalue weighted by atomic mass is 9.97. The molecule has 0 amide bonds. The number of allylic oxidation sites excluding steroid dienone is 2. The van der Waals surface area contributed by atoms with Crippen molar-refractivity contribution in [2.75, 3.05) is 6.61 Å². The zero-order chi connectivity index (χ0) is 13.6. The molecule has 1 aliphatic rings. The van der Waals surface area contributed by atoms with E-state index in [1.165, 1.54) is 31.3 Å². The zero-order valence-electron chi connectivity index (χ0n) is 12.8. The second kappa shape index (κ2) is 7.30. The molecule has 3 unspecified atom stereocenters. The summed E-state index contributed by atoms with van der Waals surface area (Å²) in [5.41, 5.74) is 1.43. The summed E-state index contributed by atoms with van der Waals surface area (Å²) in [5, 5.41) is 0. The largest absolute Gasteiger partial charge is 0.348 e. The van der Waals surface area contributed by atoms with Crippen LogP contribution >= 0.6 is 0 Å². The summed E-state index contributed by atoms with van der Waals surface area (Å²) in [4.78, 5) is 0. The van der Waals surface area contributed by atoms with Crippen molar-refractivity contribution >= 4 is 0 Å². The van der Waals surface area contributed by atoms with Crippen molar-refractivity contribution in [1.29, 1.82) is 0 Å². The predicted octanol–water partition coefficient (Wildman–Crippen LogP) is 4.69. The van der Waals surface area contributed by atoms with Crippen molar-refractivity contribution in [3.8, 4) is 0 Å². The molecule has 1 aliphatic heterocycles. The average Bonchev–Trinajstić information content (AvgIpc) is 2.58. The van der Waals surface area contributed by atoms with Crippen LogP contribution in [0.5, 0.6) is 0 Å². The van der Waals surface area contributed by atoms with Gasteiger partial charge < -0.3 is 9.47 Å². The first-order valence-electron chi connectivity index (χ1n) is 7.36. The van der Waals surface area contributed by atoms with Crippen LogP contribution in [-0.4, -0.2) is 18.5 Å². The van der Waals surface area contributed by atoms with Crippen molar-refractivity contribution in [3.05, 3.63) is 11.6 Å². The molecule has 0 aliphatic carbocycles. The van der Waals surface area contributed by atoms with Gasteiger partial charge in [-0.3, -0.25) is 0 Å². The molecule has 1 fully saturated rings. The SMILES string of the molecule is CC(C)=CCCC(C)CCCC1(C)OCC(C)O1. The van der Waals surface area contributed by atoms with Crippen LogP contribution in [0.2, 0.25) is 0 Å². The van der Waals surface area contributed by atoms with Gasteiger partial charge >= 0.3 is 0 Å². The van der Waals surface area contributed by atoms with Crippen molar-refractivity contribution in [3.63, 3.8) is 0 Å². The van der Waals surface area contributed by atoms with Crippen molar-refractivity contribution in [2.45, 2.75) is 78.6 Å². The molecule has 18 heavy (non-hydrogen) atoms. The zero-order valence-corrected chi connectivity index (χ0v) is 12.8. The van der Waals surface area contributed by atoms with Crippen LogP contribution in [0.15, 0.2) is 11.6 Å². The van der Waals surface area contributed by atoms with Gasteiger partial charge in [0.2, 0.25) is 0 Å². The maximum Gasteiger partial charge on any atom is 0.166 e. The third-order valence-corrected chi connectivity index (χ3v) is 3.61. The fraction of sp³-hybridized carbons (Fsp3) is 0.875. The van der Waals surface area contributed by atoms with Gasteiger partial charge in [-0.25, -0.2) is 0 Å². The Bertz CT molecular complexity index is 268. The Hall–Kier alpha value is -0.340. The van der Waals surface area contributed by atoms with Crippen molar-refractivity contribution < 1.29 is 9.47 Å². The fourth-order valence-electron chi connectivity index (χ4n) is 2.49. The third kappa shape index (κ3) is 6.01. The molecule has 0 radical (unpaired) electrons. The van der Waals surface area contributed by atoms with E-state index in [-0.39, 0.29) is 11.9 Å². The summed E-state index contributed by atoms with van der Waals surface area (Å²) >= 11 is 0. The Balaban J connectivity index is 2.12. The van der Waals surface area contributed by atoms with Crippen LogP contribution in [0, 0.1) is 5.92 Å². The molecular weight excluding hydrogens is 224 g/mol. The van der Waals surface area contributed by atoms with Gasteiger partial charge in [-0.2, -0.15) is 0 Å². The molecule has 3 atom stereocenters. The van der Waals surface area contributed by atoms with E-state index in [1.807, 2.05) is 0 Å². The molecule has 0 aromatic rings. The van der Waals surface area contributed by atoms with Crippen LogP contribution in [0.25, 0.3) is 0 Å². The topological polar surface area (TPSA) is 18.5 Å². The van der Waals surface area contributed by atoms with E-state index in [0.29, 0.717) is 0 Å². The standard InChI is InChI=1S/C16H30O2/c1-13(2)8-6-9-14(3)10-7-11-16(5)17-12-15(4)18-16/h8,14-15H,6-7,9-12H2,1-5H3. The van der Waals surface area contributed by atoms with E-state index >= 15 is 0 Å². The first-order chi connectivity index (χ1) is 8.41. The van der Waals surface area contributed by atoms with Gasteiger partial charge in [-0.05, 0) is 52.9 Å². The summed E-state index contributed by atoms with van der Waals surface area (Å²) in [6, 6.07) is 0. The lowest BCUT2D eigenvalue weighted by Gasteiger charge is -2.23. The maximum absolute atomic E-state index is 5.81. The highest BCUT2D eigenvalue weighted by Crippen LogP contribution is 2.29. The number of ether oxygens (including phenoxy) is 2. The second-order valence-electron chi connectivity index (χ2n) is 6.23.